The Morgan fingerprint density at radius 1 is 1.20 bits per heavy atom. The maximum Gasteiger partial charge on any atom is 0.151 e. The van der Waals surface area contributed by atoms with Crippen molar-refractivity contribution in [3.8, 4) is 5.82 Å². The predicted octanol–water partition coefficient (Wildman–Crippen LogP) is 1.09. The number of rotatable bonds is 2. The fourth-order valence-corrected chi connectivity index (χ4v) is 1.40. The first kappa shape index (κ1) is 9.51. The van der Waals surface area contributed by atoms with E-state index in [2.05, 4.69) is 15.2 Å². The average Bonchev–Trinajstić information content (AvgIpc) is 2.59. The number of aromatic nitrogens is 4. The van der Waals surface area contributed by atoms with E-state index in [1.165, 1.54) is 6.20 Å². The highest BCUT2D eigenvalue weighted by molar-refractivity contribution is 5.74. The van der Waals surface area contributed by atoms with E-state index in [1.54, 1.807) is 12.1 Å². The number of carbonyl (C=O) groups is 1. The Kier molecular flexibility index (Phi) is 2.29. The molecule has 5 heteroatoms. The van der Waals surface area contributed by atoms with Gasteiger partial charge in [0.2, 0.25) is 0 Å². The van der Waals surface area contributed by atoms with Gasteiger partial charge in [0, 0.05) is 11.8 Å². The fraction of sp³-hybridized carbons (Fsp3) is 0.200. The Balaban J connectivity index is 2.50. The first-order valence-electron chi connectivity index (χ1n) is 4.52. The zero-order valence-electron chi connectivity index (χ0n) is 8.51. The minimum Gasteiger partial charge on any atom is -0.298 e. The highest BCUT2D eigenvalue weighted by Crippen LogP contribution is 2.09. The lowest BCUT2D eigenvalue weighted by Crippen LogP contribution is -2.02. The molecule has 0 amide bonds. The Hall–Kier alpha value is -2.04. The molecule has 0 bridgehead atoms. The number of pyridine rings is 1. The van der Waals surface area contributed by atoms with Crippen molar-refractivity contribution in [3.63, 3.8) is 0 Å². The third kappa shape index (κ3) is 1.63. The molecule has 76 valence electrons. The summed E-state index contributed by atoms with van der Waals surface area (Å²) in [4.78, 5) is 14.6. The molecule has 2 rings (SSSR count). The van der Waals surface area contributed by atoms with Crippen LogP contribution in [0.3, 0.4) is 0 Å². The van der Waals surface area contributed by atoms with Crippen molar-refractivity contribution in [3.05, 3.63) is 35.5 Å². The van der Waals surface area contributed by atoms with Gasteiger partial charge in [0.1, 0.15) is 17.5 Å². The molecule has 15 heavy (non-hydrogen) atoms. The van der Waals surface area contributed by atoms with Gasteiger partial charge in [0.15, 0.2) is 6.29 Å². The van der Waals surface area contributed by atoms with Crippen LogP contribution in [0.4, 0.5) is 0 Å². The molecular formula is C10H10N4O. The topological polar surface area (TPSA) is 60.7 Å². The molecule has 2 aromatic heterocycles. The van der Waals surface area contributed by atoms with Crippen LogP contribution in [0.25, 0.3) is 5.82 Å². The Morgan fingerprint density at radius 3 is 2.33 bits per heavy atom. The van der Waals surface area contributed by atoms with E-state index < -0.39 is 0 Å². The van der Waals surface area contributed by atoms with Crippen LogP contribution >= 0.6 is 0 Å². The van der Waals surface area contributed by atoms with Gasteiger partial charge in [0.05, 0.1) is 0 Å². The lowest BCUT2D eigenvalue weighted by atomic mass is 10.3. The predicted molar refractivity (Wildman–Crippen MR) is 54.0 cm³/mol. The lowest BCUT2D eigenvalue weighted by molar-refractivity contribution is 0.112. The third-order valence-corrected chi connectivity index (χ3v) is 2.12. The lowest BCUT2D eigenvalue weighted by Gasteiger charge is -2.04. The number of carbonyl (C=O) groups excluding carboxylic acids is 1. The molecule has 0 radical (unpaired) electrons. The van der Waals surface area contributed by atoms with Crippen LogP contribution in [0.15, 0.2) is 18.3 Å². The van der Waals surface area contributed by atoms with Crippen molar-refractivity contribution in [2.24, 2.45) is 0 Å². The highest BCUT2D eigenvalue weighted by Gasteiger charge is 2.07. The summed E-state index contributed by atoms with van der Waals surface area (Å²) < 4.78 is 1.83. The Labute approximate surface area is 86.8 Å². The van der Waals surface area contributed by atoms with Gasteiger partial charge < -0.3 is 0 Å². The van der Waals surface area contributed by atoms with Crippen LogP contribution in [0.5, 0.6) is 0 Å². The van der Waals surface area contributed by atoms with E-state index in [9.17, 15) is 4.79 Å². The summed E-state index contributed by atoms with van der Waals surface area (Å²) in [6.07, 6.45) is 2.30. The van der Waals surface area contributed by atoms with Gasteiger partial charge >= 0.3 is 0 Å². The van der Waals surface area contributed by atoms with E-state index in [4.69, 9.17) is 0 Å². The standard InChI is InChI=1S/C10H10N4O/c1-7-12-13-8(2)14(7)10-4-3-9(6-15)5-11-10/h3-6H,1-2H3. The van der Waals surface area contributed by atoms with E-state index in [1.807, 2.05) is 18.4 Å². The van der Waals surface area contributed by atoms with Crippen molar-refractivity contribution in [2.45, 2.75) is 13.8 Å². The Bertz CT molecular complexity index is 467. The molecule has 0 aliphatic rings. The summed E-state index contributed by atoms with van der Waals surface area (Å²) in [5.41, 5.74) is 0.558. The molecule has 0 aromatic carbocycles. The number of aryl methyl sites for hydroxylation is 2. The minimum absolute atomic E-state index is 0.558. The summed E-state index contributed by atoms with van der Waals surface area (Å²) in [7, 11) is 0. The van der Waals surface area contributed by atoms with Gasteiger partial charge in [-0.15, -0.1) is 10.2 Å². The third-order valence-electron chi connectivity index (χ3n) is 2.12. The maximum atomic E-state index is 10.5. The summed E-state index contributed by atoms with van der Waals surface area (Å²) in [5.74, 6) is 2.28. The SMILES string of the molecule is Cc1nnc(C)n1-c1ccc(C=O)cn1. The number of hydrogen-bond donors (Lipinski definition) is 0. The maximum absolute atomic E-state index is 10.5. The van der Waals surface area contributed by atoms with Crippen LogP contribution in [-0.4, -0.2) is 26.0 Å². The molecule has 0 spiro atoms. The van der Waals surface area contributed by atoms with Crippen LogP contribution in [-0.2, 0) is 0 Å². The van der Waals surface area contributed by atoms with Gasteiger partial charge in [-0.2, -0.15) is 0 Å². The molecule has 0 atom stereocenters. The summed E-state index contributed by atoms with van der Waals surface area (Å²) >= 11 is 0. The molecule has 0 aliphatic carbocycles. The summed E-state index contributed by atoms with van der Waals surface area (Å²) in [6.45, 7) is 3.71. The molecule has 0 saturated carbocycles. The second-order valence-electron chi connectivity index (χ2n) is 3.20. The highest BCUT2D eigenvalue weighted by atomic mass is 16.1. The normalized spacial score (nSPS) is 10.3. The molecule has 5 nitrogen and oxygen atoms in total. The van der Waals surface area contributed by atoms with Gasteiger partial charge in [0.25, 0.3) is 0 Å². The molecular weight excluding hydrogens is 192 g/mol. The average molecular weight is 202 g/mol. The van der Waals surface area contributed by atoms with Gasteiger partial charge in [-0.1, -0.05) is 0 Å². The van der Waals surface area contributed by atoms with Crippen LogP contribution in [0.2, 0.25) is 0 Å². The molecule has 2 aromatic rings. The second kappa shape index (κ2) is 3.61. The van der Waals surface area contributed by atoms with E-state index in [-0.39, 0.29) is 0 Å². The summed E-state index contributed by atoms with van der Waals surface area (Å²) in [6, 6.07) is 3.49. The molecule has 0 fully saturated rings. The number of hydrogen-bond acceptors (Lipinski definition) is 4. The molecule has 0 unspecified atom stereocenters. The van der Waals surface area contributed by atoms with Gasteiger partial charge in [-0.05, 0) is 26.0 Å². The fourth-order valence-electron chi connectivity index (χ4n) is 1.40. The van der Waals surface area contributed by atoms with Crippen molar-refractivity contribution < 1.29 is 4.79 Å². The van der Waals surface area contributed by atoms with Gasteiger partial charge in [-0.3, -0.25) is 9.36 Å². The van der Waals surface area contributed by atoms with E-state index >= 15 is 0 Å². The quantitative estimate of drug-likeness (QED) is 0.684. The van der Waals surface area contributed by atoms with E-state index in [0.29, 0.717) is 5.56 Å². The van der Waals surface area contributed by atoms with Crippen LogP contribution in [0, 0.1) is 13.8 Å². The molecule has 0 aliphatic heterocycles. The van der Waals surface area contributed by atoms with Crippen molar-refractivity contribution in [1.29, 1.82) is 0 Å². The largest absolute Gasteiger partial charge is 0.298 e. The zero-order valence-corrected chi connectivity index (χ0v) is 8.51. The van der Waals surface area contributed by atoms with Crippen molar-refractivity contribution in [2.75, 3.05) is 0 Å². The first-order valence-corrected chi connectivity index (χ1v) is 4.52. The minimum atomic E-state index is 0.558. The van der Waals surface area contributed by atoms with Crippen LogP contribution in [0.1, 0.15) is 22.0 Å². The molecule has 0 N–H and O–H groups in total. The molecule has 2 heterocycles. The summed E-state index contributed by atoms with van der Waals surface area (Å²) in [5, 5.41) is 7.88. The smallest absolute Gasteiger partial charge is 0.151 e. The van der Waals surface area contributed by atoms with E-state index in [0.717, 1.165) is 23.8 Å². The second-order valence-corrected chi connectivity index (χ2v) is 3.20. The first-order chi connectivity index (χ1) is 7.22. The van der Waals surface area contributed by atoms with Crippen molar-refractivity contribution in [1.82, 2.24) is 19.7 Å². The van der Waals surface area contributed by atoms with Crippen molar-refractivity contribution >= 4 is 6.29 Å². The monoisotopic (exact) mass is 202 g/mol. The number of aldehydes is 1. The van der Waals surface area contributed by atoms with Crippen LogP contribution < -0.4 is 0 Å². The van der Waals surface area contributed by atoms with Gasteiger partial charge in [-0.25, -0.2) is 4.98 Å². The number of nitrogens with zero attached hydrogens (tertiary/aromatic N) is 4. The zero-order chi connectivity index (χ0) is 10.8. The Morgan fingerprint density at radius 2 is 1.87 bits per heavy atom. The molecule has 0 saturated heterocycles.